The van der Waals surface area contributed by atoms with Crippen molar-refractivity contribution in [3.05, 3.63) is 22.3 Å². The third-order valence-corrected chi connectivity index (χ3v) is 11.8. The number of aromatic hydroxyl groups is 1. The predicted molar refractivity (Wildman–Crippen MR) is 187 cm³/mol. The van der Waals surface area contributed by atoms with E-state index in [1.54, 1.807) is 11.8 Å². The highest BCUT2D eigenvalue weighted by atomic mass is 32.2. The van der Waals surface area contributed by atoms with Gasteiger partial charge in [-0.25, -0.2) is 4.79 Å². The van der Waals surface area contributed by atoms with Crippen molar-refractivity contribution < 1.29 is 24.5 Å². The Morgan fingerprint density at radius 2 is 1.60 bits per heavy atom. The van der Waals surface area contributed by atoms with Crippen molar-refractivity contribution in [2.45, 2.75) is 156 Å². The number of nitrogens with zero attached hydrogens (tertiary/aromatic N) is 1. The Kier molecular flexibility index (Phi) is 14.5. The number of benzene rings is 1. The summed E-state index contributed by atoms with van der Waals surface area (Å²) in [5, 5.41) is 20.7. The normalized spacial score (nSPS) is 21.8. The molecule has 1 aromatic rings. The van der Waals surface area contributed by atoms with Gasteiger partial charge in [0.15, 0.2) is 0 Å². The number of phenolic OH excluding ortho intramolecular Hbond substituents is 1. The molecule has 5 unspecified atom stereocenters. The summed E-state index contributed by atoms with van der Waals surface area (Å²) in [6.45, 7) is 18.1. The molecule has 2 heterocycles. The van der Waals surface area contributed by atoms with E-state index in [4.69, 9.17) is 4.74 Å². The molecule has 0 aliphatic carbocycles. The number of aliphatic carboxylic acids is 1. The molecule has 45 heavy (non-hydrogen) atoms. The number of carbonyl (C=O) groups excluding carboxylic acids is 1. The van der Waals surface area contributed by atoms with Gasteiger partial charge in [0.05, 0.1) is 0 Å². The monoisotopic (exact) mass is 645 g/mol. The molecule has 1 fully saturated rings. The van der Waals surface area contributed by atoms with E-state index in [9.17, 15) is 19.8 Å². The first-order valence-corrected chi connectivity index (χ1v) is 19.0. The minimum atomic E-state index is -0.915. The van der Waals surface area contributed by atoms with Gasteiger partial charge in [-0.3, -0.25) is 4.79 Å². The fourth-order valence-corrected chi connectivity index (χ4v) is 8.41. The minimum Gasteiger partial charge on any atom is -0.507 e. The molecule has 3 rings (SSSR count). The van der Waals surface area contributed by atoms with E-state index in [1.165, 1.54) is 56.3 Å². The lowest BCUT2D eigenvalue weighted by atomic mass is 9.83. The van der Waals surface area contributed by atoms with E-state index in [2.05, 4.69) is 41.5 Å². The Morgan fingerprint density at radius 1 is 0.978 bits per heavy atom. The predicted octanol–water partition coefficient (Wildman–Crippen LogP) is 9.48. The fraction of sp³-hybridized carbons (Fsp3) is 0.789. The molecule has 7 heteroatoms. The second-order valence-electron chi connectivity index (χ2n) is 15.2. The van der Waals surface area contributed by atoms with Crippen LogP contribution in [0.25, 0.3) is 0 Å². The summed E-state index contributed by atoms with van der Waals surface area (Å²) >= 11 is 1.63. The van der Waals surface area contributed by atoms with Gasteiger partial charge in [-0.15, -0.1) is 0 Å². The number of phenols is 1. The third kappa shape index (κ3) is 10.6. The van der Waals surface area contributed by atoms with Gasteiger partial charge in [0.1, 0.15) is 23.1 Å². The third-order valence-electron chi connectivity index (χ3n) is 10.6. The van der Waals surface area contributed by atoms with E-state index in [0.717, 1.165) is 71.4 Å². The van der Waals surface area contributed by atoms with Gasteiger partial charge in [-0.05, 0) is 88.2 Å². The largest absolute Gasteiger partial charge is 0.507 e. The molecule has 1 saturated heterocycles. The second kappa shape index (κ2) is 17.3. The summed E-state index contributed by atoms with van der Waals surface area (Å²) < 4.78 is 6.81. The van der Waals surface area contributed by atoms with E-state index >= 15 is 0 Å². The Bertz CT molecular complexity index is 1140. The van der Waals surface area contributed by atoms with Gasteiger partial charge in [0.2, 0.25) is 5.91 Å². The Morgan fingerprint density at radius 3 is 2.22 bits per heavy atom. The minimum absolute atomic E-state index is 0.0844. The molecular formula is C38H63NO5S. The molecule has 0 spiro atoms. The van der Waals surface area contributed by atoms with Crippen LogP contribution in [0.2, 0.25) is 0 Å². The maximum atomic E-state index is 13.0. The second-order valence-corrected chi connectivity index (χ2v) is 16.3. The van der Waals surface area contributed by atoms with E-state index < -0.39 is 12.0 Å². The van der Waals surface area contributed by atoms with Crippen LogP contribution < -0.4 is 4.74 Å². The van der Waals surface area contributed by atoms with E-state index in [0.29, 0.717) is 30.2 Å². The molecule has 1 aromatic carbocycles. The van der Waals surface area contributed by atoms with Gasteiger partial charge in [-0.2, -0.15) is 11.8 Å². The van der Waals surface area contributed by atoms with Crippen molar-refractivity contribution in [2.75, 3.05) is 12.3 Å². The number of amides is 1. The summed E-state index contributed by atoms with van der Waals surface area (Å²) in [5.74, 6) is 3.59. The van der Waals surface area contributed by atoms with Crippen LogP contribution in [0.1, 0.15) is 141 Å². The molecule has 256 valence electrons. The average molecular weight is 646 g/mol. The molecule has 0 radical (unpaired) electrons. The molecule has 2 N–H and O–H groups in total. The van der Waals surface area contributed by atoms with Gasteiger partial charge >= 0.3 is 5.97 Å². The molecule has 5 atom stereocenters. The Hall–Kier alpha value is -1.89. The fourth-order valence-electron chi connectivity index (χ4n) is 7.28. The van der Waals surface area contributed by atoms with Crippen molar-refractivity contribution >= 4 is 23.6 Å². The molecule has 6 nitrogen and oxygen atoms in total. The van der Waals surface area contributed by atoms with Crippen LogP contribution in [-0.2, 0) is 21.8 Å². The van der Waals surface area contributed by atoms with Crippen molar-refractivity contribution in [3.63, 3.8) is 0 Å². The molecule has 0 aromatic heterocycles. The summed E-state index contributed by atoms with van der Waals surface area (Å²) in [5.41, 5.74) is 3.73. The van der Waals surface area contributed by atoms with Crippen LogP contribution in [-0.4, -0.2) is 50.9 Å². The SMILES string of the molecule is Cc1c(C)c2c(c(CSCC(C)C(=O)N3CCCC3C(=O)O)c1O)CCC(C)(CCCC(C)CCCC(C)CCCC(C)C)O2. The molecule has 1 amide bonds. The van der Waals surface area contributed by atoms with Crippen LogP contribution in [0, 0.1) is 37.5 Å². The number of rotatable bonds is 18. The summed E-state index contributed by atoms with van der Waals surface area (Å²) in [6, 6.07) is -0.700. The molecule has 0 bridgehead atoms. The highest BCUT2D eigenvalue weighted by Crippen LogP contribution is 2.46. The lowest BCUT2D eigenvalue weighted by molar-refractivity contribution is -0.149. The number of ether oxygens (including phenoxy) is 1. The van der Waals surface area contributed by atoms with Crippen molar-refractivity contribution in [1.82, 2.24) is 4.90 Å². The number of hydrogen-bond acceptors (Lipinski definition) is 5. The first-order chi connectivity index (χ1) is 21.2. The van der Waals surface area contributed by atoms with Gasteiger partial charge in [0, 0.05) is 35.1 Å². The molecule has 2 aliphatic rings. The molecule has 2 aliphatic heterocycles. The van der Waals surface area contributed by atoms with Crippen LogP contribution >= 0.6 is 11.8 Å². The zero-order chi connectivity index (χ0) is 33.3. The number of likely N-dealkylation sites (tertiary alicyclic amines) is 1. The van der Waals surface area contributed by atoms with Crippen LogP contribution in [0.4, 0.5) is 0 Å². The lowest BCUT2D eigenvalue weighted by Crippen LogP contribution is -2.43. The zero-order valence-corrected chi connectivity index (χ0v) is 30.5. The molecular weight excluding hydrogens is 582 g/mol. The van der Waals surface area contributed by atoms with Crippen molar-refractivity contribution in [3.8, 4) is 11.5 Å². The topological polar surface area (TPSA) is 87.1 Å². The first-order valence-electron chi connectivity index (χ1n) is 17.9. The summed E-state index contributed by atoms with van der Waals surface area (Å²) in [6.07, 6.45) is 14.6. The lowest BCUT2D eigenvalue weighted by Gasteiger charge is -2.38. The van der Waals surface area contributed by atoms with Crippen LogP contribution in [0.5, 0.6) is 11.5 Å². The summed E-state index contributed by atoms with van der Waals surface area (Å²) in [7, 11) is 0. The van der Waals surface area contributed by atoms with Crippen molar-refractivity contribution in [2.24, 2.45) is 23.7 Å². The van der Waals surface area contributed by atoms with Crippen molar-refractivity contribution in [1.29, 1.82) is 0 Å². The standard InChI is InChI=1S/C38H63NO5S/c1-25(2)13-9-14-26(3)15-10-16-27(4)17-11-20-38(8)21-19-31-32(34(40)29(6)30(7)35(31)44-38)24-45-23-28(5)36(41)39-22-12-18-33(39)37(42)43/h25-28,33,40H,9-24H2,1-8H3,(H,42,43). The number of carboxylic acid groups (broad SMARTS) is 1. The quantitative estimate of drug-likeness (QED) is 0.165. The highest BCUT2D eigenvalue weighted by molar-refractivity contribution is 7.98. The van der Waals surface area contributed by atoms with E-state index in [-0.39, 0.29) is 17.4 Å². The summed E-state index contributed by atoms with van der Waals surface area (Å²) in [4.78, 5) is 26.1. The van der Waals surface area contributed by atoms with Gasteiger partial charge in [-0.1, -0.05) is 79.6 Å². The van der Waals surface area contributed by atoms with Crippen LogP contribution in [0.3, 0.4) is 0 Å². The molecule has 0 saturated carbocycles. The number of fused-ring (bicyclic) bond motifs is 1. The highest BCUT2D eigenvalue weighted by Gasteiger charge is 2.37. The first kappa shape index (κ1) is 37.6. The van der Waals surface area contributed by atoms with Gasteiger partial charge < -0.3 is 19.8 Å². The number of carboxylic acids is 1. The smallest absolute Gasteiger partial charge is 0.326 e. The number of thioether (sulfide) groups is 1. The zero-order valence-electron chi connectivity index (χ0n) is 29.7. The number of hydrogen-bond donors (Lipinski definition) is 2. The van der Waals surface area contributed by atoms with Crippen LogP contribution in [0.15, 0.2) is 0 Å². The Labute approximate surface area is 278 Å². The maximum Gasteiger partial charge on any atom is 0.326 e. The maximum absolute atomic E-state index is 13.0. The Balaban J connectivity index is 1.51. The number of carbonyl (C=O) groups is 2. The van der Waals surface area contributed by atoms with Gasteiger partial charge in [0.25, 0.3) is 0 Å². The average Bonchev–Trinajstić information content (AvgIpc) is 3.48. The van der Waals surface area contributed by atoms with E-state index in [1.807, 2.05) is 13.8 Å².